The molecule has 0 radical (unpaired) electrons. The second-order valence-corrected chi connectivity index (χ2v) is 6.01. The summed E-state index contributed by atoms with van der Waals surface area (Å²) in [4.78, 5) is 12.8. The third kappa shape index (κ3) is 1.87. The first-order valence-corrected chi connectivity index (χ1v) is 7.57. The summed E-state index contributed by atoms with van der Waals surface area (Å²) in [6.45, 7) is 2.60. The summed E-state index contributed by atoms with van der Waals surface area (Å²) in [6.07, 6.45) is 2.00. The highest BCUT2D eigenvalue weighted by Gasteiger charge is 2.44. The number of rotatable bonds is 2. The van der Waals surface area contributed by atoms with E-state index in [9.17, 15) is 4.79 Å². The zero-order chi connectivity index (χ0) is 15.2. The van der Waals surface area contributed by atoms with E-state index in [1.54, 1.807) is 11.7 Å². The minimum absolute atomic E-state index is 0.00456. The molecular formula is C16H18N4O2. The Kier molecular flexibility index (Phi) is 3.00. The monoisotopic (exact) mass is 298 g/mol. The molecule has 3 heterocycles. The fourth-order valence-corrected chi connectivity index (χ4v) is 3.53. The predicted molar refractivity (Wildman–Crippen MR) is 82.1 cm³/mol. The number of nitrogens with zero attached hydrogens (tertiary/aromatic N) is 3. The first-order chi connectivity index (χ1) is 10.7. The van der Waals surface area contributed by atoms with Gasteiger partial charge >= 0.3 is 0 Å². The topological polar surface area (TPSA) is 69.0 Å². The number of hydrogen-bond acceptors (Lipinski definition) is 5. The molecule has 2 aromatic rings. The second-order valence-electron chi connectivity index (χ2n) is 6.01. The zero-order valence-electron chi connectivity index (χ0n) is 12.5. The van der Waals surface area contributed by atoms with Crippen LogP contribution in [0.15, 0.2) is 29.1 Å². The molecule has 1 saturated heterocycles. The Bertz CT molecular complexity index is 761. The third-order valence-electron chi connectivity index (χ3n) is 4.84. The summed E-state index contributed by atoms with van der Waals surface area (Å²) in [5.74, 6) is 1.61. The molecule has 2 aliphatic rings. The Morgan fingerprint density at radius 1 is 1.23 bits per heavy atom. The average molecular weight is 298 g/mol. The van der Waals surface area contributed by atoms with Gasteiger partial charge in [0, 0.05) is 24.1 Å². The van der Waals surface area contributed by atoms with Crippen LogP contribution >= 0.6 is 0 Å². The molecule has 1 N–H and O–H groups in total. The van der Waals surface area contributed by atoms with Gasteiger partial charge in [-0.1, -0.05) is 0 Å². The molecular weight excluding hydrogens is 280 g/mol. The lowest BCUT2D eigenvalue weighted by atomic mass is 9.85. The highest BCUT2D eigenvalue weighted by Crippen LogP contribution is 2.37. The Balaban J connectivity index is 1.79. The number of nitrogens with one attached hydrogen (secondary N) is 1. The average Bonchev–Trinajstić information content (AvgIpc) is 3.17. The number of fused-ring (bicyclic) bond motifs is 2. The van der Waals surface area contributed by atoms with Crippen LogP contribution in [0.4, 0.5) is 0 Å². The smallest absolute Gasteiger partial charge is 0.280 e. The van der Waals surface area contributed by atoms with Gasteiger partial charge in [-0.2, -0.15) is 0 Å². The Labute approximate surface area is 128 Å². The summed E-state index contributed by atoms with van der Waals surface area (Å²) in [6, 6.07) is 7.35. The molecule has 4 rings (SSSR count). The molecule has 0 bridgehead atoms. The zero-order valence-corrected chi connectivity index (χ0v) is 12.5. The number of hydrogen-bond donors (Lipinski definition) is 1. The normalized spacial score (nSPS) is 23.0. The maximum atomic E-state index is 12.8. The highest BCUT2D eigenvalue weighted by atomic mass is 16.5. The van der Waals surface area contributed by atoms with E-state index in [1.807, 2.05) is 24.3 Å². The quantitative estimate of drug-likeness (QED) is 0.894. The Morgan fingerprint density at radius 3 is 2.73 bits per heavy atom. The molecule has 1 atom stereocenters. The molecule has 0 aliphatic carbocycles. The van der Waals surface area contributed by atoms with E-state index in [4.69, 9.17) is 4.74 Å². The highest BCUT2D eigenvalue weighted by molar-refractivity contribution is 5.58. The van der Waals surface area contributed by atoms with Gasteiger partial charge in [-0.25, -0.2) is 0 Å². The molecule has 2 aliphatic heterocycles. The van der Waals surface area contributed by atoms with E-state index in [1.165, 1.54) is 0 Å². The van der Waals surface area contributed by atoms with Gasteiger partial charge in [0.15, 0.2) is 5.69 Å². The van der Waals surface area contributed by atoms with Gasteiger partial charge in [-0.3, -0.25) is 9.36 Å². The van der Waals surface area contributed by atoms with Crippen molar-refractivity contribution in [3.05, 3.63) is 40.4 Å². The molecule has 1 fully saturated rings. The van der Waals surface area contributed by atoms with Crippen molar-refractivity contribution in [2.24, 2.45) is 0 Å². The van der Waals surface area contributed by atoms with Crippen LogP contribution in [-0.2, 0) is 12.0 Å². The van der Waals surface area contributed by atoms with E-state index in [-0.39, 0.29) is 11.0 Å². The lowest BCUT2D eigenvalue weighted by Gasteiger charge is -2.19. The number of aromatic nitrogens is 3. The van der Waals surface area contributed by atoms with Gasteiger partial charge < -0.3 is 10.1 Å². The molecule has 0 saturated carbocycles. The van der Waals surface area contributed by atoms with Gasteiger partial charge in [-0.05, 0) is 43.7 Å². The van der Waals surface area contributed by atoms with Crippen molar-refractivity contribution in [1.29, 1.82) is 0 Å². The summed E-state index contributed by atoms with van der Waals surface area (Å²) in [7, 11) is 1.62. The van der Waals surface area contributed by atoms with E-state index in [0.29, 0.717) is 5.69 Å². The van der Waals surface area contributed by atoms with Crippen LogP contribution < -0.4 is 15.6 Å². The molecule has 1 aromatic heterocycles. The number of ether oxygens (including phenoxy) is 1. The van der Waals surface area contributed by atoms with Crippen molar-refractivity contribution in [3.8, 4) is 17.0 Å². The van der Waals surface area contributed by atoms with Crippen LogP contribution in [-0.4, -0.2) is 35.0 Å². The largest absolute Gasteiger partial charge is 0.497 e. The van der Waals surface area contributed by atoms with Crippen LogP contribution in [0.5, 0.6) is 5.75 Å². The second kappa shape index (κ2) is 4.91. The van der Waals surface area contributed by atoms with Crippen LogP contribution in [0.25, 0.3) is 11.3 Å². The van der Waals surface area contributed by atoms with Crippen molar-refractivity contribution in [1.82, 2.24) is 20.1 Å². The fourth-order valence-electron chi connectivity index (χ4n) is 3.53. The van der Waals surface area contributed by atoms with Crippen LogP contribution in [0.1, 0.15) is 18.7 Å². The number of benzene rings is 1. The lowest BCUT2D eigenvalue weighted by Crippen LogP contribution is -2.31. The van der Waals surface area contributed by atoms with Crippen molar-refractivity contribution in [2.75, 3.05) is 20.2 Å². The summed E-state index contributed by atoms with van der Waals surface area (Å²) >= 11 is 0. The molecule has 6 nitrogen and oxygen atoms in total. The maximum Gasteiger partial charge on any atom is 0.280 e. The van der Waals surface area contributed by atoms with Gasteiger partial charge in [0.2, 0.25) is 0 Å². The molecule has 22 heavy (non-hydrogen) atoms. The molecule has 0 amide bonds. The van der Waals surface area contributed by atoms with Crippen LogP contribution in [0.3, 0.4) is 0 Å². The molecule has 114 valence electrons. The minimum atomic E-state index is -0.0426. The van der Waals surface area contributed by atoms with E-state index in [0.717, 1.165) is 49.6 Å². The first kappa shape index (κ1) is 13.5. The summed E-state index contributed by atoms with van der Waals surface area (Å²) < 4.78 is 6.95. The minimum Gasteiger partial charge on any atom is -0.497 e. The molecule has 1 aromatic carbocycles. The van der Waals surface area contributed by atoms with E-state index >= 15 is 0 Å². The summed E-state index contributed by atoms with van der Waals surface area (Å²) in [5, 5.41) is 12.0. The van der Waals surface area contributed by atoms with Crippen molar-refractivity contribution >= 4 is 0 Å². The SMILES string of the molecule is COc1ccc(-c2nnc3n(c2=O)CC[C@]32CCNC2)cc1. The molecule has 1 spiro atoms. The third-order valence-corrected chi connectivity index (χ3v) is 4.84. The van der Waals surface area contributed by atoms with Gasteiger partial charge in [-0.15, -0.1) is 10.2 Å². The Morgan fingerprint density at radius 2 is 2.05 bits per heavy atom. The van der Waals surface area contributed by atoms with Gasteiger partial charge in [0.1, 0.15) is 11.6 Å². The van der Waals surface area contributed by atoms with Crippen molar-refractivity contribution < 1.29 is 4.74 Å². The molecule has 0 unspecified atom stereocenters. The van der Waals surface area contributed by atoms with Crippen molar-refractivity contribution in [3.63, 3.8) is 0 Å². The first-order valence-electron chi connectivity index (χ1n) is 7.57. The van der Waals surface area contributed by atoms with Crippen molar-refractivity contribution in [2.45, 2.75) is 24.8 Å². The molecule has 6 heteroatoms. The van der Waals surface area contributed by atoms with E-state index in [2.05, 4.69) is 15.5 Å². The van der Waals surface area contributed by atoms with Crippen LogP contribution in [0, 0.1) is 0 Å². The lowest BCUT2D eigenvalue weighted by molar-refractivity contribution is 0.415. The van der Waals surface area contributed by atoms with Gasteiger partial charge in [0.05, 0.1) is 7.11 Å². The standard InChI is InChI=1S/C16H18N4O2/c1-22-12-4-2-11(3-5-12)13-14(21)20-9-7-16(6-8-17-10-16)15(20)19-18-13/h2-5,17H,6-10H2,1H3/t16-/m0/s1. The predicted octanol–water partition coefficient (Wildman–Crippen LogP) is 0.949. The van der Waals surface area contributed by atoms with Crippen LogP contribution in [0.2, 0.25) is 0 Å². The Hall–Kier alpha value is -2.21. The fraction of sp³-hybridized carbons (Fsp3) is 0.438. The number of methoxy groups -OCH3 is 1. The maximum absolute atomic E-state index is 12.8. The van der Waals surface area contributed by atoms with E-state index < -0.39 is 0 Å². The van der Waals surface area contributed by atoms with Gasteiger partial charge in [0.25, 0.3) is 5.56 Å². The summed E-state index contributed by atoms with van der Waals surface area (Å²) in [5.41, 5.74) is 1.15.